The second-order valence-corrected chi connectivity index (χ2v) is 14.4. The third-order valence-electron chi connectivity index (χ3n) is 10.1. The third kappa shape index (κ3) is 15.8. The average molecular weight is 730 g/mol. The van der Waals surface area contributed by atoms with Crippen LogP contribution in [0, 0.1) is 11.3 Å². The summed E-state index contributed by atoms with van der Waals surface area (Å²) in [6.45, 7) is 16.1. The van der Waals surface area contributed by atoms with Gasteiger partial charge in [-0.1, -0.05) is 32.9 Å². The van der Waals surface area contributed by atoms with Gasteiger partial charge in [-0.25, -0.2) is 0 Å². The third-order valence-corrected chi connectivity index (χ3v) is 10.1. The van der Waals surface area contributed by atoms with E-state index in [-0.39, 0.29) is 12.0 Å². The molecule has 3 aliphatic rings. The Labute approximate surface area is 314 Å². The number of piperazine rings is 1. The fourth-order valence-electron chi connectivity index (χ4n) is 7.11. The number of rotatable bonds is 11. The maximum atomic E-state index is 12.7. The van der Waals surface area contributed by atoms with E-state index in [0.29, 0.717) is 28.4 Å². The number of amides is 1. The number of hydrogen-bond donors (Lipinski definition) is 7. The number of aliphatic hydroxyl groups is 2. The van der Waals surface area contributed by atoms with Gasteiger partial charge in [-0.15, -0.1) is 0 Å². The van der Waals surface area contributed by atoms with Gasteiger partial charge in [0.15, 0.2) is 0 Å². The number of anilines is 1. The van der Waals surface area contributed by atoms with Gasteiger partial charge in [-0.05, 0) is 131 Å². The van der Waals surface area contributed by atoms with Crippen molar-refractivity contribution in [2.24, 2.45) is 11.3 Å². The van der Waals surface area contributed by atoms with E-state index in [9.17, 15) is 9.90 Å². The molecule has 2 heterocycles. The molecule has 11 heteroatoms. The van der Waals surface area contributed by atoms with Crippen molar-refractivity contribution in [2.75, 3.05) is 79.0 Å². The van der Waals surface area contributed by atoms with Crippen LogP contribution in [-0.4, -0.2) is 108 Å². The molecule has 0 radical (unpaired) electrons. The molecule has 0 spiro atoms. The lowest BCUT2D eigenvalue weighted by Gasteiger charge is -2.37. The number of carbonyl (C=O) groups is 2. The first-order chi connectivity index (χ1) is 25.2. The Bertz CT molecular complexity index is 1230. The second-order valence-electron chi connectivity index (χ2n) is 14.4. The Hall–Kier alpha value is -3.22. The minimum absolute atomic E-state index is 0.0522. The van der Waals surface area contributed by atoms with Crippen LogP contribution in [0.15, 0.2) is 36.4 Å². The predicted octanol–water partition coefficient (Wildman–Crippen LogP) is 4.87. The van der Waals surface area contributed by atoms with Gasteiger partial charge in [0.05, 0.1) is 5.56 Å². The zero-order valence-corrected chi connectivity index (χ0v) is 33.2. The molecule has 2 aromatic carbocycles. The smallest absolute Gasteiger partial charge is 0.254 e. The molecule has 11 nitrogen and oxygen atoms in total. The van der Waals surface area contributed by atoms with Crippen LogP contribution in [0.25, 0.3) is 0 Å². The number of phenolic OH excluding ortho intramolecular Hbond substituents is 1. The summed E-state index contributed by atoms with van der Waals surface area (Å²) in [4.78, 5) is 23.1. The first-order valence-electron chi connectivity index (χ1n) is 19.0. The van der Waals surface area contributed by atoms with Gasteiger partial charge in [0.1, 0.15) is 24.4 Å². The van der Waals surface area contributed by atoms with Gasteiger partial charge >= 0.3 is 0 Å². The highest BCUT2D eigenvalue weighted by atomic mass is 16.5. The number of aromatic hydroxyl groups is 1. The number of nitrogens with zero attached hydrogens (tertiary/aromatic N) is 1. The lowest BCUT2D eigenvalue weighted by molar-refractivity contribution is -0.0980. The van der Waals surface area contributed by atoms with Crippen LogP contribution in [0.1, 0.15) is 99.5 Å². The normalized spacial score (nSPS) is 18.8. The summed E-state index contributed by atoms with van der Waals surface area (Å²) >= 11 is 0. The van der Waals surface area contributed by atoms with Crippen molar-refractivity contribution in [1.82, 2.24) is 21.3 Å². The molecule has 296 valence electrons. The largest absolute Gasteiger partial charge is 0.508 e. The maximum absolute atomic E-state index is 12.7. The zero-order chi connectivity index (χ0) is 38.9. The van der Waals surface area contributed by atoms with E-state index in [1.807, 2.05) is 38.1 Å². The fourth-order valence-corrected chi connectivity index (χ4v) is 7.11. The standard InChI is InChI=1S/C34H52N4O3.C4H9N.2CH4O.CH2O/c1-34(2,3)26-10-8-25(9-11-26)30-22-24(7-15-31(30)39)6-13-28(16-17-35-4)41-32-23-27(38-20-18-37-19-21-38)12-14-29(32)33(40)36-5;1-2-4-5-3-1;3*1-2/h7,12,14-15,22-23,25-26,28,35,37,39H,6,8-11,13,16-21H2,1-5H3,(H,36,40);5H,1-4H2;2*2H,1H3;1H2. The maximum Gasteiger partial charge on any atom is 0.254 e. The lowest BCUT2D eigenvalue weighted by Crippen LogP contribution is -2.43. The number of nitrogens with one attached hydrogen (secondary N) is 4. The minimum atomic E-state index is -0.136. The van der Waals surface area contributed by atoms with Crippen LogP contribution >= 0.6 is 0 Å². The summed E-state index contributed by atoms with van der Waals surface area (Å²) in [7, 11) is 5.62. The number of hydrogen-bond acceptors (Lipinski definition) is 10. The molecule has 1 amide bonds. The molecule has 2 aliphatic heterocycles. The number of aryl methyl sites for hydroxylation is 1. The van der Waals surface area contributed by atoms with Gasteiger partial charge in [0.25, 0.3) is 5.91 Å². The van der Waals surface area contributed by atoms with Gasteiger partial charge in [0, 0.05) is 59.2 Å². The highest BCUT2D eigenvalue weighted by Crippen LogP contribution is 2.45. The van der Waals surface area contributed by atoms with Crippen LogP contribution < -0.4 is 30.9 Å². The minimum Gasteiger partial charge on any atom is -0.508 e. The number of benzene rings is 2. The first kappa shape index (κ1) is 46.8. The molecule has 1 atom stereocenters. The zero-order valence-electron chi connectivity index (χ0n) is 33.2. The molecule has 0 bridgehead atoms. The molecule has 0 aromatic heterocycles. The van der Waals surface area contributed by atoms with Crippen LogP contribution in [0.5, 0.6) is 11.5 Å². The molecule has 5 rings (SSSR count). The Kier molecular flexibility index (Phi) is 23.9. The van der Waals surface area contributed by atoms with Gasteiger partial charge in [0.2, 0.25) is 0 Å². The van der Waals surface area contributed by atoms with Gasteiger partial charge in [-0.2, -0.15) is 0 Å². The fraction of sp³-hybridized carbons (Fsp3) is 0.659. The van der Waals surface area contributed by atoms with Crippen LogP contribution in [0.2, 0.25) is 0 Å². The topological polar surface area (TPSA) is 155 Å². The van der Waals surface area contributed by atoms with Crippen molar-refractivity contribution in [1.29, 1.82) is 0 Å². The molecule has 2 aromatic rings. The van der Waals surface area contributed by atoms with E-state index >= 15 is 0 Å². The van der Waals surface area contributed by atoms with Crippen molar-refractivity contribution >= 4 is 18.4 Å². The Balaban J connectivity index is 0.00000108. The quantitative estimate of drug-likeness (QED) is 0.170. The van der Waals surface area contributed by atoms with Gasteiger partial charge in [-0.3, -0.25) is 4.79 Å². The SMILES string of the molecule is C1CCNC1.C=O.CNCCC(CCc1ccc(O)c(C2CCC(C(C)(C)C)CC2)c1)Oc1cc(N2CCNCC2)ccc1C(=O)NC.CO.CO. The molecular formula is C41H71N5O6. The molecule has 1 saturated carbocycles. The molecule has 3 fully saturated rings. The summed E-state index contributed by atoms with van der Waals surface area (Å²) in [5.74, 6) is 2.11. The summed E-state index contributed by atoms with van der Waals surface area (Å²) in [6.07, 6.45) is 9.96. The molecular weight excluding hydrogens is 658 g/mol. The summed E-state index contributed by atoms with van der Waals surface area (Å²) in [5, 5.41) is 37.4. The van der Waals surface area contributed by atoms with Crippen LogP contribution in [0.4, 0.5) is 5.69 Å². The molecule has 1 unspecified atom stereocenters. The molecule has 1 aliphatic carbocycles. The van der Waals surface area contributed by atoms with E-state index in [2.05, 4.69) is 59.1 Å². The Morgan fingerprint density at radius 1 is 0.904 bits per heavy atom. The molecule has 52 heavy (non-hydrogen) atoms. The number of ether oxygens (including phenoxy) is 1. The van der Waals surface area contributed by atoms with Crippen molar-refractivity contribution in [3.05, 3.63) is 53.1 Å². The van der Waals surface area contributed by atoms with Crippen LogP contribution in [0.3, 0.4) is 0 Å². The predicted molar refractivity (Wildman–Crippen MR) is 214 cm³/mol. The van der Waals surface area contributed by atoms with E-state index in [1.54, 1.807) is 7.05 Å². The van der Waals surface area contributed by atoms with Gasteiger partial charge < -0.3 is 51.0 Å². The van der Waals surface area contributed by atoms with Crippen molar-refractivity contribution in [3.63, 3.8) is 0 Å². The van der Waals surface area contributed by atoms with Crippen molar-refractivity contribution in [3.8, 4) is 11.5 Å². The van der Waals surface area contributed by atoms with Crippen molar-refractivity contribution in [2.45, 2.75) is 90.6 Å². The second kappa shape index (κ2) is 26.5. The monoisotopic (exact) mass is 730 g/mol. The van der Waals surface area contributed by atoms with E-state index in [4.69, 9.17) is 19.7 Å². The summed E-state index contributed by atoms with van der Waals surface area (Å²) < 4.78 is 6.65. The average Bonchev–Trinajstić information content (AvgIpc) is 3.79. The Morgan fingerprint density at radius 3 is 2.06 bits per heavy atom. The number of phenols is 1. The highest BCUT2D eigenvalue weighted by Gasteiger charge is 2.31. The highest BCUT2D eigenvalue weighted by molar-refractivity contribution is 5.97. The molecule has 7 N–H and O–H groups in total. The first-order valence-corrected chi connectivity index (χ1v) is 19.0. The Morgan fingerprint density at radius 2 is 1.52 bits per heavy atom. The summed E-state index contributed by atoms with van der Waals surface area (Å²) in [6, 6.07) is 12.1. The lowest BCUT2D eigenvalue weighted by atomic mass is 9.68. The van der Waals surface area contributed by atoms with Crippen LogP contribution in [-0.2, 0) is 11.2 Å². The summed E-state index contributed by atoms with van der Waals surface area (Å²) in [5.41, 5.74) is 4.34. The number of carbonyl (C=O) groups excluding carboxylic acids is 2. The van der Waals surface area contributed by atoms with E-state index in [1.165, 1.54) is 44.3 Å². The number of aliphatic hydroxyl groups excluding tert-OH is 2. The van der Waals surface area contributed by atoms with Crippen molar-refractivity contribution < 1.29 is 29.6 Å². The van der Waals surface area contributed by atoms with E-state index < -0.39 is 0 Å². The molecule has 2 saturated heterocycles. The van der Waals surface area contributed by atoms with E-state index in [0.717, 1.165) is 96.2 Å².